The molecule has 2 aromatic carbocycles. The number of amides is 3. The summed E-state index contributed by atoms with van der Waals surface area (Å²) in [7, 11) is 0. The maximum atomic E-state index is 13.5. The van der Waals surface area contributed by atoms with E-state index in [2.05, 4.69) is 30.1 Å². The number of hydrogen-bond donors (Lipinski definition) is 1. The molecule has 2 aromatic rings. The number of hydrogen-bond acceptors (Lipinski definition) is 3. The molecule has 0 spiro atoms. The Kier molecular flexibility index (Phi) is 8.22. The molecule has 1 heterocycles. The fraction of sp³-hybridized carbons (Fsp3) is 0.467. The number of nitrogens with zero attached hydrogens (tertiary/aromatic N) is 3. The van der Waals surface area contributed by atoms with Crippen molar-refractivity contribution in [3.63, 3.8) is 0 Å². The molecular formula is C30H35Cl2FN4O2. The smallest absolute Gasteiger partial charge is 0.321 e. The van der Waals surface area contributed by atoms with Crippen molar-refractivity contribution in [2.24, 2.45) is 17.3 Å². The molecule has 1 aliphatic heterocycles. The van der Waals surface area contributed by atoms with Gasteiger partial charge in [-0.05, 0) is 66.5 Å². The van der Waals surface area contributed by atoms with Gasteiger partial charge in [0, 0.05) is 51.4 Å². The highest BCUT2D eigenvalue weighted by Gasteiger charge is 2.51. The van der Waals surface area contributed by atoms with E-state index in [9.17, 15) is 14.0 Å². The average Bonchev–Trinajstić information content (AvgIpc) is 2.93. The standard InChI is InChI=1S/C30H35Cl2FN4O2/c1-30(2)22-9-6-21(24(30)18-22)19-37(28(38)20-7-10-23(33)11-8-20)17-14-35-12-15-36(16-13-35)29(39)34-26-5-3-4-25(31)27(26)32/h3-8,10-11,22,24H,9,12-19H2,1-2H3,(H,34,39). The molecule has 0 radical (unpaired) electrons. The number of anilines is 1. The second-order valence-corrected chi connectivity index (χ2v) is 12.2. The lowest BCUT2D eigenvalue weighted by Gasteiger charge is -2.57. The molecule has 39 heavy (non-hydrogen) atoms. The minimum absolute atomic E-state index is 0.0773. The number of urea groups is 1. The van der Waals surface area contributed by atoms with Crippen molar-refractivity contribution < 1.29 is 14.0 Å². The molecule has 1 saturated carbocycles. The van der Waals surface area contributed by atoms with Gasteiger partial charge in [-0.1, -0.05) is 54.8 Å². The molecular weight excluding hydrogens is 538 g/mol. The van der Waals surface area contributed by atoms with Gasteiger partial charge < -0.3 is 15.1 Å². The third-order valence-electron chi connectivity index (χ3n) is 8.87. The quantitative estimate of drug-likeness (QED) is 0.389. The van der Waals surface area contributed by atoms with E-state index in [1.54, 1.807) is 35.2 Å². The summed E-state index contributed by atoms with van der Waals surface area (Å²) in [5, 5.41) is 3.57. The first kappa shape index (κ1) is 27.9. The molecule has 9 heteroatoms. The van der Waals surface area contributed by atoms with Crippen LogP contribution in [0.4, 0.5) is 14.9 Å². The second kappa shape index (κ2) is 11.5. The zero-order valence-corrected chi connectivity index (χ0v) is 23.9. The van der Waals surface area contributed by atoms with Crippen LogP contribution in [0.2, 0.25) is 10.0 Å². The van der Waals surface area contributed by atoms with Crippen LogP contribution in [0.25, 0.3) is 0 Å². The Morgan fingerprint density at radius 2 is 1.79 bits per heavy atom. The van der Waals surface area contributed by atoms with E-state index in [-0.39, 0.29) is 23.2 Å². The van der Waals surface area contributed by atoms with Gasteiger partial charge in [-0.2, -0.15) is 0 Å². The molecule has 6 rings (SSSR count). The van der Waals surface area contributed by atoms with Gasteiger partial charge in [-0.3, -0.25) is 9.69 Å². The van der Waals surface area contributed by atoms with Gasteiger partial charge >= 0.3 is 6.03 Å². The van der Waals surface area contributed by atoms with Crippen LogP contribution in [0.15, 0.2) is 54.1 Å². The number of nitrogens with one attached hydrogen (secondary N) is 1. The molecule has 208 valence electrons. The van der Waals surface area contributed by atoms with Crippen LogP contribution >= 0.6 is 23.2 Å². The number of allylic oxidation sites excluding steroid dienone is 1. The first-order chi connectivity index (χ1) is 18.6. The summed E-state index contributed by atoms with van der Waals surface area (Å²) < 4.78 is 13.5. The Hall–Kier alpha value is -2.61. The minimum atomic E-state index is -0.352. The van der Waals surface area contributed by atoms with Gasteiger partial charge in [-0.15, -0.1) is 0 Å². The van der Waals surface area contributed by atoms with Crippen molar-refractivity contribution in [3.05, 3.63) is 75.5 Å². The third kappa shape index (κ3) is 5.96. The van der Waals surface area contributed by atoms with Crippen LogP contribution < -0.4 is 5.32 Å². The van der Waals surface area contributed by atoms with Gasteiger partial charge in [0.25, 0.3) is 5.91 Å². The Labute approximate surface area is 239 Å². The van der Waals surface area contributed by atoms with E-state index in [1.165, 1.54) is 24.1 Å². The lowest BCUT2D eigenvalue weighted by atomic mass is 9.49. The Morgan fingerprint density at radius 1 is 1.08 bits per heavy atom. The summed E-state index contributed by atoms with van der Waals surface area (Å²) >= 11 is 12.3. The van der Waals surface area contributed by atoms with Gasteiger partial charge in [0.05, 0.1) is 15.7 Å². The highest BCUT2D eigenvalue weighted by molar-refractivity contribution is 6.43. The number of halogens is 3. The Balaban J connectivity index is 1.19. The second-order valence-electron chi connectivity index (χ2n) is 11.4. The molecule has 2 atom stereocenters. The Morgan fingerprint density at radius 3 is 2.46 bits per heavy atom. The number of fused-ring (bicyclic) bond motifs is 1. The van der Waals surface area contributed by atoms with Crippen LogP contribution in [0.3, 0.4) is 0 Å². The van der Waals surface area contributed by atoms with Gasteiger partial charge in [0.2, 0.25) is 0 Å². The fourth-order valence-corrected chi connectivity index (χ4v) is 6.48. The van der Waals surface area contributed by atoms with Crippen LogP contribution in [0, 0.1) is 23.1 Å². The lowest BCUT2D eigenvalue weighted by Crippen LogP contribution is -2.52. The molecule has 6 nitrogen and oxygen atoms in total. The van der Waals surface area contributed by atoms with Crippen LogP contribution in [0.5, 0.6) is 0 Å². The molecule has 2 unspecified atom stereocenters. The summed E-state index contributed by atoms with van der Waals surface area (Å²) in [4.78, 5) is 32.3. The number of carbonyl (C=O) groups is 2. The first-order valence-electron chi connectivity index (χ1n) is 13.6. The predicted octanol–water partition coefficient (Wildman–Crippen LogP) is 6.42. The third-order valence-corrected chi connectivity index (χ3v) is 9.69. The largest absolute Gasteiger partial charge is 0.333 e. The summed E-state index contributed by atoms with van der Waals surface area (Å²) in [6, 6.07) is 10.7. The zero-order valence-electron chi connectivity index (χ0n) is 22.4. The average molecular weight is 574 g/mol. The van der Waals surface area contributed by atoms with Crippen molar-refractivity contribution in [1.82, 2.24) is 14.7 Å². The molecule has 4 aliphatic rings. The maximum Gasteiger partial charge on any atom is 0.321 e. The normalized spacial score (nSPS) is 22.1. The van der Waals surface area contributed by atoms with E-state index in [4.69, 9.17) is 23.2 Å². The van der Waals surface area contributed by atoms with Gasteiger partial charge in [0.15, 0.2) is 0 Å². The van der Waals surface area contributed by atoms with Crippen LogP contribution in [-0.4, -0.2) is 72.5 Å². The van der Waals surface area contributed by atoms with Gasteiger partial charge in [-0.25, -0.2) is 9.18 Å². The summed E-state index contributed by atoms with van der Waals surface area (Å²) in [6.07, 6.45) is 4.60. The van der Waals surface area contributed by atoms with E-state index >= 15 is 0 Å². The topological polar surface area (TPSA) is 55.9 Å². The van der Waals surface area contributed by atoms with Crippen molar-refractivity contribution in [2.75, 3.05) is 51.1 Å². The zero-order chi connectivity index (χ0) is 27.7. The predicted molar refractivity (Wildman–Crippen MR) is 154 cm³/mol. The van der Waals surface area contributed by atoms with Crippen molar-refractivity contribution in [1.29, 1.82) is 0 Å². The summed E-state index contributed by atoms with van der Waals surface area (Å²) in [5.41, 5.74) is 2.62. The van der Waals surface area contributed by atoms with Crippen LogP contribution in [0.1, 0.15) is 37.0 Å². The molecule has 0 aromatic heterocycles. The Bertz CT molecular complexity index is 1260. The van der Waals surface area contributed by atoms with Gasteiger partial charge in [0.1, 0.15) is 5.82 Å². The van der Waals surface area contributed by atoms with E-state index in [1.807, 2.05) is 4.90 Å². The summed E-state index contributed by atoms with van der Waals surface area (Å²) in [6.45, 7) is 9.07. The molecule has 1 N–H and O–H groups in total. The van der Waals surface area contributed by atoms with E-state index in [0.29, 0.717) is 73.0 Å². The molecule has 2 fully saturated rings. The first-order valence-corrected chi connectivity index (χ1v) is 14.3. The van der Waals surface area contributed by atoms with Crippen molar-refractivity contribution in [3.8, 4) is 0 Å². The maximum absolute atomic E-state index is 13.5. The lowest BCUT2D eigenvalue weighted by molar-refractivity contribution is -0.0105. The number of carbonyl (C=O) groups excluding carboxylic acids is 2. The number of rotatable bonds is 7. The highest BCUT2D eigenvalue weighted by Crippen LogP contribution is 2.59. The minimum Gasteiger partial charge on any atom is -0.333 e. The van der Waals surface area contributed by atoms with Crippen molar-refractivity contribution in [2.45, 2.75) is 26.7 Å². The van der Waals surface area contributed by atoms with Crippen LogP contribution in [-0.2, 0) is 0 Å². The molecule has 3 aliphatic carbocycles. The number of benzene rings is 2. The fourth-order valence-electron chi connectivity index (χ4n) is 6.13. The molecule has 2 bridgehead atoms. The molecule has 3 amide bonds. The van der Waals surface area contributed by atoms with E-state index in [0.717, 1.165) is 12.3 Å². The monoisotopic (exact) mass is 572 g/mol. The SMILES string of the molecule is CC1(C)C2CC=C(CN(CCN3CCN(C(=O)Nc4cccc(Cl)c4Cl)CC3)C(=O)c3ccc(F)cc3)C1C2. The van der Waals surface area contributed by atoms with E-state index < -0.39 is 0 Å². The molecule has 1 saturated heterocycles. The number of piperazine rings is 1. The highest BCUT2D eigenvalue weighted by atomic mass is 35.5. The van der Waals surface area contributed by atoms with Crippen molar-refractivity contribution >= 4 is 40.8 Å². The summed E-state index contributed by atoms with van der Waals surface area (Å²) in [5.74, 6) is 0.812.